The predicted molar refractivity (Wildman–Crippen MR) is 81.4 cm³/mol. The minimum absolute atomic E-state index is 0.0123. The van der Waals surface area contributed by atoms with Crippen LogP contribution >= 0.6 is 22.9 Å². The number of rotatable bonds is 2. The molecule has 0 N–H and O–H groups in total. The number of thiophene rings is 1. The third-order valence-corrected chi connectivity index (χ3v) is 4.63. The first-order valence-corrected chi connectivity index (χ1v) is 7.20. The van der Waals surface area contributed by atoms with Crippen molar-refractivity contribution >= 4 is 38.8 Å². The second-order valence-electron chi connectivity index (χ2n) is 4.41. The van der Waals surface area contributed by atoms with E-state index in [9.17, 15) is 4.79 Å². The first kappa shape index (κ1) is 12.4. The molecule has 0 fully saturated rings. The van der Waals surface area contributed by atoms with Gasteiger partial charge in [0.25, 0.3) is 0 Å². The van der Waals surface area contributed by atoms with Crippen LogP contribution in [0, 0.1) is 6.92 Å². The van der Waals surface area contributed by atoms with Crippen molar-refractivity contribution in [2.75, 3.05) is 0 Å². The van der Waals surface area contributed by atoms with E-state index in [0.29, 0.717) is 10.6 Å². The Morgan fingerprint density at radius 2 is 1.79 bits per heavy atom. The maximum atomic E-state index is 12.7. The van der Waals surface area contributed by atoms with Crippen molar-refractivity contribution in [1.29, 1.82) is 0 Å². The Bertz CT molecular complexity index is 773. The third kappa shape index (κ3) is 2.07. The smallest absolute Gasteiger partial charge is 0.195 e. The van der Waals surface area contributed by atoms with Crippen molar-refractivity contribution in [2.24, 2.45) is 0 Å². The lowest BCUT2D eigenvalue weighted by Crippen LogP contribution is -2.03. The summed E-state index contributed by atoms with van der Waals surface area (Å²) in [7, 11) is 0. The van der Waals surface area contributed by atoms with Gasteiger partial charge in [0.2, 0.25) is 0 Å². The van der Waals surface area contributed by atoms with Crippen molar-refractivity contribution in [3.8, 4) is 0 Å². The highest BCUT2D eigenvalue weighted by atomic mass is 35.5. The Balaban J connectivity index is 2.19. The predicted octanol–water partition coefficient (Wildman–Crippen LogP) is 5.09. The fraction of sp³-hybridized carbons (Fsp3) is 0.0625. The first-order chi connectivity index (χ1) is 9.18. The van der Waals surface area contributed by atoms with Gasteiger partial charge < -0.3 is 0 Å². The number of fused-ring (bicyclic) bond motifs is 1. The molecule has 0 radical (unpaired) electrons. The summed E-state index contributed by atoms with van der Waals surface area (Å²) in [6, 6.07) is 13.4. The molecule has 0 saturated heterocycles. The molecule has 0 aliphatic heterocycles. The summed E-state index contributed by atoms with van der Waals surface area (Å²) < 4.78 is 1.02. The lowest BCUT2D eigenvalue weighted by molar-refractivity contribution is 0.104. The zero-order chi connectivity index (χ0) is 13.4. The zero-order valence-electron chi connectivity index (χ0n) is 10.3. The van der Waals surface area contributed by atoms with Crippen molar-refractivity contribution in [3.63, 3.8) is 0 Å². The van der Waals surface area contributed by atoms with Gasteiger partial charge in [0, 0.05) is 15.8 Å². The van der Waals surface area contributed by atoms with E-state index in [1.807, 2.05) is 48.7 Å². The summed E-state index contributed by atoms with van der Waals surface area (Å²) in [6.45, 7) is 1.91. The molecular formula is C16H11ClOS. The van der Waals surface area contributed by atoms with Gasteiger partial charge in [0.05, 0.1) is 5.02 Å². The van der Waals surface area contributed by atoms with E-state index in [-0.39, 0.29) is 5.78 Å². The topological polar surface area (TPSA) is 17.1 Å². The molecule has 19 heavy (non-hydrogen) atoms. The van der Waals surface area contributed by atoms with Gasteiger partial charge in [-0.05, 0) is 41.5 Å². The maximum absolute atomic E-state index is 12.7. The number of halogens is 1. The summed E-state index contributed by atoms with van der Waals surface area (Å²) in [5.74, 6) is -0.0123. The molecule has 2 aromatic carbocycles. The number of hydrogen-bond donors (Lipinski definition) is 0. The van der Waals surface area contributed by atoms with Crippen LogP contribution in [0.5, 0.6) is 0 Å². The quantitative estimate of drug-likeness (QED) is 0.599. The van der Waals surface area contributed by atoms with Gasteiger partial charge >= 0.3 is 0 Å². The van der Waals surface area contributed by atoms with E-state index < -0.39 is 0 Å². The molecule has 0 saturated carbocycles. The Morgan fingerprint density at radius 1 is 1.05 bits per heavy atom. The minimum Gasteiger partial charge on any atom is -0.289 e. The molecule has 0 unspecified atom stereocenters. The summed E-state index contributed by atoms with van der Waals surface area (Å²) >= 11 is 7.83. The van der Waals surface area contributed by atoms with Crippen LogP contribution in [-0.4, -0.2) is 5.78 Å². The van der Waals surface area contributed by atoms with Crippen molar-refractivity contribution < 1.29 is 4.79 Å². The summed E-state index contributed by atoms with van der Waals surface area (Å²) in [4.78, 5) is 12.7. The molecule has 0 aliphatic rings. The van der Waals surface area contributed by atoms with E-state index in [0.717, 1.165) is 21.2 Å². The average Bonchev–Trinajstić information content (AvgIpc) is 2.89. The van der Waals surface area contributed by atoms with Crippen LogP contribution in [0.3, 0.4) is 0 Å². The lowest BCUT2D eigenvalue weighted by Gasteiger charge is -2.06. The van der Waals surface area contributed by atoms with Crippen LogP contribution in [0.1, 0.15) is 21.5 Å². The Hall–Kier alpha value is -1.64. The molecule has 1 heterocycles. The molecule has 94 valence electrons. The van der Waals surface area contributed by atoms with Gasteiger partial charge in [0.1, 0.15) is 0 Å². The minimum atomic E-state index is -0.0123. The van der Waals surface area contributed by atoms with Crippen LogP contribution in [0.25, 0.3) is 10.1 Å². The largest absolute Gasteiger partial charge is 0.289 e. The molecule has 1 nitrogen and oxygen atoms in total. The van der Waals surface area contributed by atoms with Gasteiger partial charge in [-0.3, -0.25) is 4.79 Å². The fourth-order valence-corrected chi connectivity index (χ4v) is 3.26. The molecule has 1 aromatic heterocycles. The van der Waals surface area contributed by atoms with E-state index in [4.69, 9.17) is 11.6 Å². The van der Waals surface area contributed by atoms with Gasteiger partial charge in [-0.25, -0.2) is 0 Å². The van der Waals surface area contributed by atoms with Gasteiger partial charge in [-0.15, -0.1) is 11.3 Å². The maximum Gasteiger partial charge on any atom is 0.195 e. The number of aryl methyl sites for hydroxylation is 1. The Morgan fingerprint density at radius 3 is 2.63 bits per heavy atom. The monoisotopic (exact) mass is 286 g/mol. The summed E-state index contributed by atoms with van der Waals surface area (Å²) in [5.41, 5.74) is 2.22. The van der Waals surface area contributed by atoms with Crippen molar-refractivity contribution in [3.05, 3.63) is 69.6 Å². The highest BCUT2D eigenvalue weighted by Gasteiger charge is 2.16. The highest BCUT2D eigenvalue weighted by Crippen LogP contribution is 2.29. The molecule has 3 aromatic rings. The van der Waals surface area contributed by atoms with Crippen LogP contribution in [0.4, 0.5) is 0 Å². The second kappa shape index (κ2) is 4.80. The number of carbonyl (C=O) groups is 1. The summed E-state index contributed by atoms with van der Waals surface area (Å²) in [6.07, 6.45) is 0. The summed E-state index contributed by atoms with van der Waals surface area (Å²) in [5, 5.41) is 3.64. The van der Waals surface area contributed by atoms with Crippen LogP contribution in [0.15, 0.2) is 47.8 Å². The number of hydrogen-bond acceptors (Lipinski definition) is 2. The zero-order valence-corrected chi connectivity index (χ0v) is 11.9. The van der Waals surface area contributed by atoms with Gasteiger partial charge in [0.15, 0.2) is 5.78 Å². The Kier molecular flexibility index (Phi) is 3.13. The number of benzene rings is 2. The molecule has 3 heteroatoms. The number of ketones is 1. The normalized spacial score (nSPS) is 10.8. The fourth-order valence-electron chi connectivity index (χ4n) is 2.14. The molecular weight excluding hydrogens is 276 g/mol. The third-order valence-electron chi connectivity index (χ3n) is 3.16. The molecule has 3 rings (SSSR count). The lowest BCUT2D eigenvalue weighted by atomic mass is 10.0. The molecule has 0 amide bonds. The van der Waals surface area contributed by atoms with Crippen molar-refractivity contribution in [2.45, 2.75) is 6.92 Å². The average molecular weight is 287 g/mol. The second-order valence-corrected chi connectivity index (χ2v) is 5.70. The Labute approximate surface area is 120 Å². The molecule has 0 atom stereocenters. The van der Waals surface area contributed by atoms with Crippen LogP contribution in [0.2, 0.25) is 5.02 Å². The molecule has 0 bridgehead atoms. The van der Waals surface area contributed by atoms with Crippen LogP contribution in [-0.2, 0) is 0 Å². The van der Waals surface area contributed by atoms with E-state index in [1.165, 1.54) is 0 Å². The number of carbonyl (C=O) groups excluding carboxylic acids is 1. The first-order valence-electron chi connectivity index (χ1n) is 5.94. The van der Waals surface area contributed by atoms with Crippen molar-refractivity contribution in [1.82, 2.24) is 0 Å². The highest BCUT2D eigenvalue weighted by molar-refractivity contribution is 7.17. The van der Waals surface area contributed by atoms with E-state index in [2.05, 4.69) is 0 Å². The van der Waals surface area contributed by atoms with Gasteiger partial charge in [-0.2, -0.15) is 0 Å². The standard InChI is InChI=1S/C16H11ClOS/c1-10-4-2-6-12(14(10)17)15(18)13-7-3-5-11-8-9-19-16(11)13/h2-9H,1H3. The van der Waals surface area contributed by atoms with Gasteiger partial charge in [-0.1, -0.05) is 35.9 Å². The van der Waals surface area contributed by atoms with Crippen LogP contribution < -0.4 is 0 Å². The molecule has 0 aliphatic carbocycles. The molecule has 0 spiro atoms. The van der Waals surface area contributed by atoms with E-state index in [1.54, 1.807) is 17.4 Å². The SMILES string of the molecule is Cc1cccc(C(=O)c2cccc3ccsc23)c1Cl. The van der Waals surface area contributed by atoms with E-state index >= 15 is 0 Å².